The molecule has 5 heteroatoms. The van der Waals surface area contributed by atoms with Crippen molar-refractivity contribution in [3.05, 3.63) is 0 Å². The lowest BCUT2D eigenvalue weighted by Crippen LogP contribution is -2.51. The average Bonchev–Trinajstić information content (AvgIpc) is 2.11. The molecule has 1 saturated heterocycles. The molecular formula is C11H21NO3S. The van der Waals surface area contributed by atoms with E-state index in [1.54, 1.807) is 6.92 Å². The molecule has 0 aromatic carbocycles. The third-order valence-corrected chi connectivity index (χ3v) is 4.06. The summed E-state index contributed by atoms with van der Waals surface area (Å²) in [6.45, 7) is 8.06. The molecule has 4 nitrogen and oxygen atoms in total. The molecule has 0 spiro atoms. The molecule has 1 aliphatic rings. The van der Waals surface area contributed by atoms with Crippen molar-refractivity contribution in [2.75, 3.05) is 19.8 Å². The molecule has 0 amide bonds. The molecule has 0 radical (unpaired) electrons. The van der Waals surface area contributed by atoms with Gasteiger partial charge in [-0.05, 0) is 19.9 Å². The summed E-state index contributed by atoms with van der Waals surface area (Å²) in [6.07, 6.45) is 0.636. The number of nitrogens with one attached hydrogen (secondary N) is 1. The number of ether oxygens (including phenoxy) is 1. The molecule has 0 aromatic rings. The van der Waals surface area contributed by atoms with Crippen LogP contribution >= 0.6 is 11.8 Å². The number of carboxylic acids is 1. The molecule has 0 aromatic heterocycles. The predicted octanol–water partition coefficient (Wildman–Crippen LogP) is 1.35. The lowest BCUT2D eigenvalue weighted by atomic mass is 9.96. The number of aliphatic carboxylic acids is 1. The second-order valence-electron chi connectivity index (χ2n) is 4.48. The summed E-state index contributed by atoms with van der Waals surface area (Å²) in [6, 6.07) is 0. The van der Waals surface area contributed by atoms with Crippen molar-refractivity contribution in [3.63, 3.8) is 0 Å². The SMILES string of the molecule is CCNC(C)(CC(C)SC1COC1)C(=O)O. The van der Waals surface area contributed by atoms with E-state index in [4.69, 9.17) is 4.74 Å². The molecule has 16 heavy (non-hydrogen) atoms. The van der Waals surface area contributed by atoms with E-state index < -0.39 is 11.5 Å². The van der Waals surface area contributed by atoms with Gasteiger partial charge >= 0.3 is 5.97 Å². The summed E-state index contributed by atoms with van der Waals surface area (Å²) >= 11 is 1.83. The minimum atomic E-state index is -0.814. The maximum absolute atomic E-state index is 11.2. The Morgan fingerprint density at radius 3 is 2.69 bits per heavy atom. The molecular weight excluding hydrogens is 226 g/mol. The second-order valence-corrected chi connectivity index (χ2v) is 6.22. The van der Waals surface area contributed by atoms with Gasteiger partial charge in [0, 0.05) is 5.25 Å². The standard InChI is InChI=1S/C11H21NO3S/c1-4-12-11(3,10(13)14)5-8(2)16-9-6-15-7-9/h8-9,12H,4-7H2,1-3H3,(H,13,14). The molecule has 2 unspecified atom stereocenters. The fraction of sp³-hybridized carbons (Fsp3) is 0.909. The van der Waals surface area contributed by atoms with E-state index in [2.05, 4.69) is 12.2 Å². The maximum atomic E-state index is 11.2. The number of carboxylic acid groups (broad SMARTS) is 1. The number of hydrogen-bond acceptors (Lipinski definition) is 4. The van der Waals surface area contributed by atoms with Gasteiger partial charge in [-0.1, -0.05) is 13.8 Å². The summed E-state index contributed by atoms with van der Waals surface area (Å²) < 4.78 is 5.11. The smallest absolute Gasteiger partial charge is 0.323 e. The first-order chi connectivity index (χ1) is 7.48. The molecule has 1 heterocycles. The van der Waals surface area contributed by atoms with Gasteiger partial charge in [0.2, 0.25) is 0 Å². The maximum Gasteiger partial charge on any atom is 0.323 e. The largest absolute Gasteiger partial charge is 0.480 e. The summed E-state index contributed by atoms with van der Waals surface area (Å²) in [5.74, 6) is -0.772. The van der Waals surface area contributed by atoms with Crippen molar-refractivity contribution in [1.82, 2.24) is 5.32 Å². The highest BCUT2D eigenvalue weighted by atomic mass is 32.2. The highest BCUT2D eigenvalue weighted by molar-refractivity contribution is 8.00. The van der Waals surface area contributed by atoms with E-state index in [0.29, 0.717) is 23.5 Å². The number of thioether (sulfide) groups is 1. The quantitative estimate of drug-likeness (QED) is 0.711. The van der Waals surface area contributed by atoms with Gasteiger partial charge in [-0.25, -0.2) is 0 Å². The lowest BCUT2D eigenvalue weighted by molar-refractivity contribution is -0.144. The van der Waals surface area contributed by atoms with Crippen molar-refractivity contribution < 1.29 is 14.6 Å². The van der Waals surface area contributed by atoms with Crippen LogP contribution in [0, 0.1) is 0 Å². The topological polar surface area (TPSA) is 58.6 Å². The number of carbonyl (C=O) groups is 1. The second kappa shape index (κ2) is 5.89. The van der Waals surface area contributed by atoms with Gasteiger partial charge in [-0.3, -0.25) is 4.79 Å². The number of rotatable bonds is 7. The Balaban J connectivity index is 2.43. The summed E-state index contributed by atoms with van der Waals surface area (Å²) in [5.41, 5.74) is -0.814. The van der Waals surface area contributed by atoms with Crippen LogP contribution in [0.2, 0.25) is 0 Å². The van der Waals surface area contributed by atoms with E-state index in [0.717, 1.165) is 13.2 Å². The fourth-order valence-electron chi connectivity index (χ4n) is 1.87. The van der Waals surface area contributed by atoms with Crippen LogP contribution in [0.1, 0.15) is 27.2 Å². The van der Waals surface area contributed by atoms with Crippen LogP contribution in [0.5, 0.6) is 0 Å². The van der Waals surface area contributed by atoms with Crippen molar-refractivity contribution in [3.8, 4) is 0 Å². The molecule has 2 N–H and O–H groups in total. The zero-order chi connectivity index (χ0) is 12.2. The minimum absolute atomic E-state index is 0.328. The van der Waals surface area contributed by atoms with Crippen molar-refractivity contribution in [1.29, 1.82) is 0 Å². The Morgan fingerprint density at radius 2 is 2.31 bits per heavy atom. The van der Waals surface area contributed by atoms with Gasteiger partial charge in [0.25, 0.3) is 0 Å². The Kier molecular flexibility index (Phi) is 5.08. The van der Waals surface area contributed by atoms with Gasteiger partial charge in [-0.2, -0.15) is 11.8 Å². The Hall–Kier alpha value is -0.260. The normalized spacial score (nSPS) is 22.2. The molecule has 0 bridgehead atoms. The van der Waals surface area contributed by atoms with Gasteiger partial charge in [-0.15, -0.1) is 0 Å². The van der Waals surface area contributed by atoms with Crippen LogP contribution in [0.3, 0.4) is 0 Å². The average molecular weight is 247 g/mol. The summed E-state index contributed by atoms with van der Waals surface area (Å²) in [7, 11) is 0. The first-order valence-electron chi connectivity index (χ1n) is 5.69. The highest BCUT2D eigenvalue weighted by Crippen LogP contribution is 2.29. The van der Waals surface area contributed by atoms with Crippen LogP contribution in [-0.2, 0) is 9.53 Å². The number of likely N-dealkylation sites (N-methyl/N-ethyl adjacent to an activating group) is 1. The first-order valence-corrected chi connectivity index (χ1v) is 6.64. The Bertz CT molecular complexity index is 245. The Labute approximate surface area is 101 Å². The van der Waals surface area contributed by atoms with Crippen LogP contribution < -0.4 is 5.32 Å². The molecule has 2 atom stereocenters. The van der Waals surface area contributed by atoms with Crippen LogP contribution in [0.4, 0.5) is 0 Å². The predicted molar refractivity (Wildman–Crippen MR) is 66.0 cm³/mol. The Morgan fingerprint density at radius 1 is 1.69 bits per heavy atom. The molecule has 1 aliphatic heterocycles. The van der Waals surface area contributed by atoms with E-state index in [-0.39, 0.29) is 0 Å². The van der Waals surface area contributed by atoms with Crippen molar-refractivity contribution in [2.24, 2.45) is 0 Å². The molecule has 1 rings (SSSR count). The van der Waals surface area contributed by atoms with Crippen LogP contribution in [0.15, 0.2) is 0 Å². The third-order valence-electron chi connectivity index (χ3n) is 2.77. The monoisotopic (exact) mass is 247 g/mol. The van der Waals surface area contributed by atoms with Gasteiger partial charge < -0.3 is 15.2 Å². The van der Waals surface area contributed by atoms with E-state index in [1.807, 2.05) is 18.7 Å². The number of hydrogen-bond donors (Lipinski definition) is 2. The highest BCUT2D eigenvalue weighted by Gasteiger charge is 2.35. The summed E-state index contributed by atoms with van der Waals surface area (Å²) in [4.78, 5) is 11.2. The van der Waals surface area contributed by atoms with E-state index in [1.165, 1.54) is 0 Å². The first kappa shape index (κ1) is 13.8. The van der Waals surface area contributed by atoms with Gasteiger partial charge in [0.05, 0.1) is 18.5 Å². The molecule has 0 saturated carbocycles. The fourth-order valence-corrected chi connectivity index (χ4v) is 3.31. The van der Waals surface area contributed by atoms with Crippen molar-refractivity contribution in [2.45, 2.75) is 43.2 Å². The third kappa shape index (κ3) is 3.64. The minimum Gasteiger partial charge on any atom is -0.480 e. The molecule has 0 aliphatic carbocycles. The lowest BCUT2D eigenvalue weighted by Gasteiger charge is -2.32. The zero-order valence-electron chi connectivity index (χ0n) is 10.2. The van der Waals surface area contributed by atoms with Crippen LogP contribution in [-0.4, -0.2) is 46.9 Å². The van der Waals surface area contributed by atoms with Gasteiger partial charge in [0.15, 0.2) is 0 Å². The molecule has 1 fully saturated rings. The van der Waals surface area contributed by atoms with Crippen LogP contribution in [0.25, 0.3) is 0 Å². The summed E-state index contributed by atoms with van der Waals surface area (Å²) in [5, 5.41) is 13.2. The zero-order valence-corrected chi connectivity index (χ0v) is 11.0. The van der Waals surface area contributed by atoms with Gasteiger partial charge in [0.1, 0.15) is 5.54 Å². The van der Waals surface area contributed by atoms with E-state index >= 15 is 0 Å². The van der Waals surface area contributed by atoms with E-state index in [9.17, 15) is 9.90 Å². The molecule has 94 valence electrons. The van der Waals surface area contributed by atoms with Crippen molar-refractivity contribution >= 4 is 17.7 Å².